The molecule has 0 aliphatic carbocycles. The van der Waals surface area contributed by atoms with Gasteiger partial charge in [-0.15, -0.1) is 0 Å². The van der Waals surface area contributed by atoms with E-state index in [9.17, 15) is 18.0 Å². The van der Waals surface area contributed by atoms with Crippen LogP contribution in [0.25, 0.3) is 0 Å². The fourth-order valence-electron chi connectivity index (χ4n) is 2.27. The van der Waals surface area contributed by atoms with E-state index in [4.69, 9.17) is 4.74 Å². The third-order valence-corrected chi connectivity index (χ3v) is 5.03. The normalized spacial score (nSPS) is 10.8. The summed E-state index contributed by atoms with van der Waals surface area (Å²) in [4.78, 5) is 23.4. The largest absolute Gasteiger partial charge is 0.494 e. The zero-order valence-electron chi connectivity index (χ0n) is 15.7. The molecule has 9 heteroatoms. The van der Waals surface area contributed by atoms with E-state index in [1.54, 1.807) is 12.1 Å². The summed E-state index contributed by atoms with van der Waals surface area (Å²) in [6.07, 6.45) is 0.984. The number of carbonyl (C=O) groups excluding carboxylic acids is 2. The molecule has 2 rings (SSSR count). The first-order valence-electron chi connectivity index (χ1n) is 8.80. The van der Waals surface area contributed by atoms with E-state index in [0.717, 1.165) is 0 Å². The number of amides is 2. The standard InChI is InChI=1S/C19H23N3O5S/c1-3-5-18(23)20-21-19(24)14-6-8-15(9-7-14)22-28(25,26)17-12-10-16(11-13-17)27-4-2/h6-13,22H,3-5H2,1-2H3,(H,20,23)(H,21,24). The molecule has 0 heterocycles. The van der Waals surface area contributed by atoms with Crippen LogP contribution >= 0.6 is 0 Å². The zero-order valence-corrected chi connectivity index (χ0v) is 16.5. The van der Waals surface area contributed by atoms with Crippen molar-refractivity contribution in [1.29, 1.82) is 0 Å². The highest BCUT2D eigenvalue weighted by molar-refractivity contribution is 7.92. The molecule has 0 aliphatic heterocycles. The predicted molar refractivity (Wildman–Crippen MR) is 105 cm³/mol. The van der Waals surface area contributed by atoms with Crippen molar-refractivity contribution in [3.8, 4) is 5.75 Å². The Hall–Kier alpha value is -3.07. The van der Waals surface area contributed by atoms with Gasteiger partial charge in [0.15, 0.2) is 0 Å². The maximum atomic E-state index is 12.4. The van der Waals surface area contributed by atoms with Gasteiger partial charge in [-0.2, -0.15) is 0 Å². The van der Waals surface area contributed by atoms with Crippen LogP contribution in [0.15, 0.2) is 53.4 Å². The zero-order chi connectivity index (χ0) is 20.6. The lowest BCUT2D eigenvalue weighted by molar-refractivity contribution is -0.121. The van der Waals surface area contributed by atoms with E-state index in [1.165, 1.54) is 36.4 Å². The maximum absolute atomic E-state index is 12.4. The van der Waals surface area contributed by atoms with Gasteiger partial charge in [0, 0.05) is 17.7 Å². The minimum absolute atomic E-state index is 0.0939. The highest BCUT2D eigenvalue weighted by Gasteiger charge is 2.15. The number of hydrogen-bond donors (Lipinski definition) is 3. The molecule has 8 nitrogen and oxygen atoms in total. The number of hydrogen-bond acceptors (Lipinski definition) is 5. The molecule has 0 aliphatic rings. The Morgan fingerprint density at radius 2 is 1.57 bits per heavy atom. The second-order valence-corrected chi connectivity index (χ2v) is 7.52. The van der Waals surface area contributed by atoms with Gasteiger partial charge in [0.1, 0.15) is 5.75 Å². The number of anilines is 1. The minimum Gasteiger partial charge on any atom is -0.494 e. The summed E-state index contributed by atoms with van der Waals surface area (Å²) < 4.78 is 32.6. The van der Waals surface area contributed by atoms with Gasteiger partial charge in [-0.25, -0.2) is 8.42 Å². The summed E-state index contributed by atoms with van der Waals surface area (Å²) in [5.41, 5.74) is 5.20. The van der Waals surface area contributed by atoms with Crippen molar-refractivity contribution in [2.24, 2.45) is 0 Å². The van der Waals surface area contributed by atoms with Gasteiger partial charge in [-0.3, -0.25) is 25.2 Å². The topological polar surface area (TPSA) is 114 Å². The Labute approximate surface area is 164 Å². The average molecular weight is 405 g/mol. The number of hydrazine groups is 1. The smallest absolute Gasteiger partial charge is 0.269 e. The lowest BCUT2D eigenvalue weighted by Crippen LogP contribution is -2.41. The van der Waals surface area contributed by atoms with Crippen LogP contribution in [0.3, 0.4) is 0 Å². The predicted octanol–water partition coefficient (Wildman–Crippen LogP) is 2.45. The van der Waals surface area contributed by atoms with Crippen molar-refractivity contribution in [3.63, 3.8) is 0 Å². The fourth-order valence-corrected chi connectivity index (χ4v) is 3.33. The van der Waals surface area contributed by atoms with Crippen LogP contribution in [0.4, 0.5) is 5.69 Å². The third kappa shape index (κ3) is 5.98. The number of sulfonamides is 1. The Morgan fingerprint density at radius 3 is 2.14 bits per heavy atom. The second-order valence-electron chi connectivity index (χ2n) is 5.84. The fraction of sp³-hybridized carbons (Fsp3) is 0.263. The first-order valence-corrected chi connectivity index (χ1v) is 10.3. The second kappa shape index (κ2) is 9.75. The average Bonchev–Trinajstić information content (AvgIpc) is 2.67. The van der Waals surface area contributed by atoms with E-state index < -0.39 is 15.9 Å². The molecule has 2 amide bonds. The van der Waals surface area contributed by atoms with Gasteiger partial charge in [0.25, 0.3) is 15.9 Å². The molecule has 0 aromatic heterocycles. The first-order chi connectivity index (χ1) is 13.4. The summed E-state index contributed by atoms with van der Waals surface area (Å²) in [5, 5.41) is 0. The molecule has 0 bridgehead atoms. The number of rotatable bonds is 8. The lowest BCUT2D eigenvalue weighted by Gasteiger charge is -2.10. The molecule has 2 aromatic carbocycles. The van der Waals surface area contributed by atoms with Gasteiger partial charge in [0.2, 0.25) is 5.91 Å². The van der Waals surface area contributed by atoms with Crippen molar-refractivity contribution in [1.82, 2.24) is 10.9 Å². The Morgan fingerprint density at radius 1 is 0.929 bits per heavy atom. The van der Waals surface area contributed by atoms with Crippen LogP contribution in [0.2, 0.25) is 0 Å². The van der Waals surface area contributed by atoms with Crippen LogP contribution in [0.1, 0.15) is 37.0 Å². The van der Waals surface area contributed by atoms with Gasteiger partial charge < -0.3 is 4.74 Å². The Balaban J connectivity index is 2.00. The van der Waals surface area contributed by atoms with E-state index in [2.05, 4.69) is 15.6 Å². The SMILES string of the molecule is CCCC(=O)NNC(=O)c1ccc(NS(=O)(=O)c2ccc(OCC)cc2)cc1. The number of ether oxygens (including phenoxy) is 1. The van der Waals surface area contributed by atoms with Crippen molar-refractivity contribution >= 4 is 27.5 Å². The van der Waals surface area contributed by atoms with Crippen molar-refractivity contribution in [2.75, 3.05) is 11.3 Å². The number of nitrogens with one attached hydrogen (secondary N) is 3. The summed E-state index contributed by atoms with van der Waals surface area (Å²) in [6, 6.07) is 11.9. The van der Waals surface area contributed by atoms with Crippen LogP contribution in [0, 0.1) is 0 Å². The van der Waals surface area contributed by atoms with Gasteiger partial charge in [-0.1, -0.05) is 6.92 Å². The summed E-state index contributed by atoms with van der Waals surface area (Å²) in [6.45, 7) is 4.19. The Bertz CT molecular complexity index is 910. The van der Waals surface area contributed by atoms with Crippen molar-refractivity contribution in [2.45, 2.75) is 31.6 Å². The Kier molecular flexibility index (Phi) is 7.39. The quantitative estimate of drug-likeness (QED) is 0.584. The molecule has 0 saturated carbocycles. The molecular weight excluding hydrogens is 382 g/mol. The molecule has 0 spiro atoms. The van der Waals surface area contributed by atoms with E-state index >= 15 is 0 Å². The van der Waals surface area contributed by atoms with Gasteiger partial charge in [-0.05, 0) is 61.9 Å². The van der Waals surface area contributed by atoms with Gasteiger partial charge >= 0.3 is 0 Å². The van der Waals surface area contributed by atoms with E-state index in [-0.39, 0.29) is 16.4 Å². The molecule has 28 heavy (non-hydrogen) atoms. The molecule has 150 valence electrons. The van der Waals surface area contributed by atoms with Crippen molar-refractivity contribution in [3.05, 3.63) is 54.1 Å². The molecule has 0 fully saturated rings. The van der Waals surface area contributed by atoms with Crippen LogP contribution < -0.4 is 20.3 Å². The third-order valence-electron chi connectivity index (χ3n) is 3.64. The monoisotopic (exact) mass is 405 g/mol. The first kappa shape index (κ1) is 21.2. The number of carbonyl (C=O) groups is 2. The van der Waals surface area contributed by atoms with E-state index in [1.807, 2.05) is 13.8 Å². The summed E-state index contributed by atoms with van der Waals surface area (Å²) >= 11 is 0. The molecular formula is C19H23N3O5S. The van der Waals surface area contributed by atoms with Crippen LogP contribution in [0.5, 0.6) is 5.75 Å². The maximum Gasteiger partial charge on any atom is 0.269 e. The van der Waals surface area contributed by atoms with Gasteiger partial charge in [0.05, 0.1) is 11.5 Å². The minimum atomic E-state index is -3.77. The summed E-state index contributed by atoms with van der Waals surface area (Å²) in [7, 11) is -3.77. The molecule has 2 aromatic rings. The molecule has 0 atom stereocenters. The summed E-state index contributed by atoms with van der Waals surface area (Å²) in [5.74, 6) is -0.191. The van der Waals surface area contributed by atoms with Crippen LogP contribution in [-0.4, -0.2) is 26.8 Å². The highest BCUT2D eigenvalue weighted by Crippen LogP contribution is 2.19. The van der Waals surface area contributed by atoms with E-state index in [0.29, 0.717) is 30.9 Å². The highest BCUT2D eigenvalue weighted by atomic mass is 32.2. The molecule has 3 N–H and O–H groups in total. The molecule has 0 saturated heterocycles. The lowest BCUT2D eigenvalue weighted by atomic mass is 10.2. The van der Waals surface area contributed by atoms with Crippen molar-refractivity contribution < 1.29 is 22.7 Å². The molecule has 0 radical (unpaired) electrons. The van der Waals surface area contributed by atoms with Crippen LogP contribution in [-0.2, 0) is 14.8 Å². The molecule has 0 unspecified atom stereocenters. The number of benzene rings is 2.